The number of β-lactam (4-membered cyclic amide) rings is 1. The molecule has 2 atom stereocenters. The third-order valence-electron chi connectivity index (χ3n) is 6.91. The van der Waals surface area contributed by atoms with E-state index in [2.05, 4.69) is 15.3 Å². The second kappa shape index (κ2) is 13.7. The quantitative estimate of drug-likeness (QED) is 0.169. The third kappa shape index (κ3) is 7.12. The summed E-state index contributed by atoms with van der Waals surface area (Å²) in [5.74, 6) is -1.60. The lowest BCUT2D eigenvalue weighted by atomic mass is 10.0. The molecule has 2 aromatic carbocycles. The number of likely N-dealkylation sites (tertiary alicyclic amines) is 1. The lowest BCUT2D eigenvalue weighted by Crippen LogP contribution is -2.70. The van der Waals surface area contributed by atoms with E-state index in [1.54, 1.807) is 54.0 Å². The first-order valence-electron chi connectivity index (χ1n) is 13.4. The van der Waals surface area contributed by atoms with Gasteiger partial charge < -0.3 is 25.4 Å². The molecule has 13 heteroatoms. The van der Waals surface area contributed by atoms with Gasteiger partial charge >= 0.3 is 5.97 Å². The molecule has 0 bridgehead atoms. The lowest BCUT2D eigenvalue weighted by Gasteiger charge is -2.49. The van der Waals surface area contributed by atoms with Crippen LogP contribution in [-0.4, -0.2) is 83.1 Å². The number of carbonyl (C=O) groups is 4. The number of phenolic OH excluding ortho intramolecular Hbond substituents is 1. The maximum Gasteiger partial charge on any atom is 0.352 e. The highest BCUT2D eigenvalue weighted by molar-refractivity contribution is 8.00. The van der Waals surface area contributed by atoms with Crippen LogP contribution in [0.25, 0.3) is 0 Å². The molecule has 0 saturated carbocycles. The molecule has 0 aliphatic carbocycles. The van der Waals surface area contributed by atoms with E-state index in [1.165, 1.54) is 28.4 Å². The Balaban J connectivity index is 0.000000668. The number of thioether (sulfide) groups is 2. The molecule has 3 amide bonds. The van der Waals surface area contributed by atoms with Gasteiger partial charge in [0.15, 0.2) is 0 Å². The zero-order valence-corrected chi connectivity index (χ0v) is 24.5. The minimum Gasteiger partial charge on any atom is -0.508 e. The fourth-order valence-corrected chi connectivity index (χ4v) is 6.87. The summed E-state index contributed by atoms with van der Waals surface area (Å²) in [6.45, 7) is 0.876. The molecule has 11 nitrogen and oxygen atoms in total. The molecule has 0 spiro atoms. The van der Waals surface area contributed by atoms with E-state index < -0.39 is 23.3 Å². The van der Waals surface area contributed by atoms with Crippen LogP contribution < -0.4 is 5.32 Å². The number of nitrogens with one attached hydrogen (secondary N) is 2. The first-order valence-corrected chi connectivity index (χ1v) is 15.4. The summed E-state index contributed by atoms with van der Waals surface area (Å²) >= 11 is 2.73. The van der Waals surface area contributed by atoms with Crippen LogP contribution in [0.3, 0.4) is 0 Å². The number of imidazole rings is 1. The normalized spacial score (nSPS) is 20.3. The van der Waals surface area contributed by atoms with E-state index in [4.69, 9.17) is 0 Å². The zero-order chi connectivity index (χ0) is 30.3. The number of carboxylic acids is 1. The van der Waals surface area contributed by atoms with Gasteiger partial charge in [0.25, 0.3) is 5.91 Å². The maximum absolute atomic E-state index is 13.0. The minimum atomic E-state index is -1.24. The second-order valence-corrected chi connectivity index (χ2v) is 12.0. The number of nitrogens with zero attached hydrogens (tertiary/aromatic N) is 3. The Morgan fingerprint density at radius 3 is 2.56 bits per heavy atom. The fourth-order valence-electron chi connectivity index (χ4n) is 4.83. The molecule has 222 valence electrons. The number of aromatic hydroxyl groups is 1. The standard InChI is InChI=1S/C27H25N3O6S2.C3H4N2/c31-19-8-6-16(7-9-19)13-29-11-10-17(24(29)33)12-18-14-38-26-22(25(34)30(26)23(18)27(35)36)28-21(32)15-37-20-4-2-1-3-5-20;1-2-5-3-4-1/h1-9,12,22,26,31H,10-11,13-15H2,(H,28,32)(H,35,36);1-3H,(H,4,5)/b17-12+;/t22-,26-;/m1./s1. The Bertz CT molecular complexity index is 1530. The SMILES string of the molecule is O=C(CSc1ccccc1)N[C@@H]1C(=O)N2C(C(=O)O)=C(/C=C3\CCN(Cc4ccc(O)cc4)C3=O)CS[C@H]12.c1c[nH]cn1. The van der Waals surface area contributed by atoms with Crippen molar-refractivity contribution in [1.82, 2.24) is 25.1 Å². The van der Waals surface area contributed by atoms with Crippen LogP contribution in [0.4, 0.5) is 0 Å². The predicted octanol–water partition coefficient (Wildman–Crippen LogP) is 2.99. The van der Waals surface area contributed by atoms with Crippen molar-refractivity contribution in [3.05, 3.63) is 102 Å². The smallest absolute Gasteiger partial charge is 0.352 e. The van der Waals surface area contributed by atoms with Crippen molar-refractivity contribution < 1.29 is 29.4 Å². The summed E-state index contributed by atoms with van der Waals surface area (Å²) in [5, 5.41) is 21.6. The lowest BCUT2D eigenvalue weighted by molar-refractivity contribution is -0.150. The van der Waals surface area contributed by atoms with Crippen LogP contribution in [0.2, 0.25) is 0 Å². The number of rotatable bonds is 8. The molecule has 2 saturated heterocycles. The molecule has 3 aliphatic rings. The number of hydrogen-bond acceptors (Lipinski definition) is 8. The van der Waals surface area contributed by atoms with E-state index in [1.807, 2.05) is 30.3 Å². The van der Waals surface area contributed by atoms with Crippen LogP contribution in [-0.2, 0) is 25.7 Å². The zero-order valence-electron chi connectivity index (χ0n) is 22.9. The van der Waals surface area contributed by atoms with Gasteiger partial charge in [0.05, 0.1) is 12.1 Å². The number of amides is 3. The van der Waals surface area contributed by atoms with Gasteiger partial charge in [-0.25, -0.2) is 9.78 Å². The minimum absolute atomic E-state index is 0.139. The Labute approximate surface area is 256 Å². The molecule has 0 unspecified atom stereocenters. The van der Waals surface area contributed by atoms with Gasteiger partial charge in [-0.15, -0.1) is 23.5 Å². The van der Waals surface area contributed by atoms with Crippen molar-refractivity contribution in [3.63, 3.8) is 0 Å². The second-order valence-electron chi connectivity index (χ2n) is 9.81. The van der Waals surface area contributed by atoms with Crippen molar-refractivity contribution in [1.29, 1.82) is 0 Å². The first-order chi connectivity index (χ1) is 20.8. The molecule has 1 aromatic heterocycles. The predicted molar refractivity (Wildman–Crippen MR) is 162 cm³/mol. The van der Waals surface area contributed by atoms with Gasteiger partial charge in [-0.3, -0.25) is 19.3 Å². The van der Waals surface area contributed by atoms with Crippen LogP contribution >= 0.6 is 23.5 Å². The number of phenols is 1. The highest BCUT2D eigenvalue weighted by Crippen LogP contribution is 2.41. The number of hydrogen-bond donors (Lipinski definition) is 4. The molecule has 4 N–H and O–H groups in total. The summed E-state index contributed by atoms with van der Waals surface area (Å²) in [4.78, 5) is 60.8. The number of carbonyl (C=O) groups excluding carboxylic acids is 3. The molecule has 0 radical (unpaired) electrons. The van der Waals surface area contributed by atoms with Crippen molar-refractivity contribution >= 4 is 47.2 Å². The van der Waals surface area contributed by atoms with Crippen LogP contribution in [0.5, 0.6) is 5.75 Å². The summed E-state index contributed by atoms with van der Waals surface area (Å²) < 4.78 is 0. The maximum atomic E-state index is 13.0. The number of aromatic amines is 1. The van der Waals surface area contributed by atoms with Crippen molar-refractivity contribution in [2.45, 2.75) is 29.3 Å². The molecule has 43 heavy (non-hydrogen) atoms. The first kappa shape index (κ1) is 30.0. The number of H-pyrrole nitrogens is 1. The highest BCUT2D eigenvalue weighted by atomic mass is 32.2. The van der Waals surface area contributed by atoms with Crippen LogP contribution in [0.15, 0.2) is 101 Å². The van der Waals surface area contributed by atoms with Gasteiger partial charge in [0, 0.05) is 41.7 Å². The number of fused-ring (bicyclic) bond motifs is 1. The van der Waals surface area contributed by atoms with E-state index in [0.717, 1.165) is 10.5 Å². The number of aromatic nitrogens is 2. The van der Waals surface area contributed by atoms with Gasteiger partial charge in [0.2, 0.25) is 11.8 Å². The number of carboxylic acid groups (broad SMARTS) is 1. The molecular weight excluding hydrogens is 590 g/mol. The number of benzene rings is 2. The molecule has 4 heterocycles. The van der Waals surface area contributed by atoms with E-state index in [9.17, 15) is 29.4 Å². The molecule has 3 aromatic rings. The van der Waals surface area contributed by atoms with Crippen molar-refractivity contribution in [2.75, 3.05) is 18.1 Å². The Kier molecular flexibility index (Phi) is 9.52. The van der Waals surface area contributed by atoms with Gasteiger partial charge in [-0.2, -0.15) is 0 Å². The largest absolute Gasteiger partial charge is 0.508 e. The summed E-state index contributed by atoms with van der Waals surface area (Å²) in [5.41, 5.74) is 1.64. The Hall–Kier alpha value is -4.49. The van der Waals surface area contributed by atoms with Gasteiger partial charge in [-0.05, 0) is 47.9 Å². The summed E-state index contributed by atoms with van der Waals surface area (Å²) in [6, 6.07) is 15.3. The van der Waals surface area contributed by atoms with E-state index in [0.29, 0.717) is 36.4 Å². The van der Waals surface area contributed by atoms with Gasteiger partial charge in [-0.1, -0.05) is 30.3 Å². The third-order valence-corrected chi connectivity index (χ3v) is 9.22. The van der Waals surface area contributed by atoms with E-state index >= 15 is 0 Å². The summed E-state index contributed by atoms with van der Waals surface area (Å²) in [6.07, 6.45) is 7.15. The van der Waals surface area contributed by atoms with Gasteiger partial charge in [0.1, 0.15) is 22.9 Å². The molecule has 2 fully saturated rings. The molecular formula is C30H29N5O6S2. The monoisotopic (exact) mass is 619 g/mol. The average molecular weight is 620 g/mol. The fraction of sp³-hybridized carbons (Fsp3) is 0.233. The van der Waals surface area contributed by atoms with Crippen molar-refractivity contribution in [3.8, 4) is 5.75 Å². The number of aliphatic carboxylic acids is 1. The van der Waals surface area contributed by atoms with Crippen LogP contribution in [0.1, 0.15) is 12.0 Å². The Morgan fingerprint density at radius 1 is 1.14 bits per heavy atom. The van der Waals surface area contributed by atoms with Crippen molar-refractivity contribution in [2.24, 2.45) is 0 Å². The van der Waals surface area contributed by atoms with Crippen LogP contribution in [0, 0.1) is 0 Å². The number of allylic oxidation sites excluding steroid dienone is 1. The summed E-state index contributed by atoms with van der Waals surface area (Å²) in [7, 11) is 0. The average Bonchev–Trinajstić information content (AvgIpc) is 3.71. The van der Waals surface area contributed by atoms with E-state index in [-0.39, 0.29) is 29.0 Å². The molecule has 3 aliphatic heterocycles. The Morgan fingerprint density at radius 2 is 1.91 bits per heavy atom. The topological polar surface area (TPSA) is 156 Å². The highest BCUT2D eigenvalue weighted by Gasteiger charge is 2.54. The molecule has 6 rings (SSSR count).